The molecule has 0 aromatic carbocycles. The third kappa shape index (κ3) is 6.48. The summed E-state index contributed by atoms with van der Waals surface area (Å²) in [7, 11) is 0. The van der Waals surface area contributed by atoms with Gasteiger partial charge in [0.1, 0.15) is 33.0 Å². The van der Waals surface area contributed by atoms with Crippen molar-refractivity contribution < 1.29 is 18.5 Å². The Hall–Kier alpha value is -1.66. The molecule has 0 fully saturated rings. The second-order valence-corrected chi connectivity index (χ2v) is 13.1. The second-order valence-electron chi connectivity index (χ2n) is 9.02. The van der Waals surface area contributed by atoms with Crippen LogP contribution in [0.4, 0.5) is 10.6 Å². The van der Waals surface area contributed by atoms with Crippen molar-refractivity contribution in [1.82, 2.24) is 9.97 Å². The molecule has 3 aromatic heterocycles. The minimum absolute atomic E-state index is 0.0363. The largest absolute Gasteiger partial charge is 0.591 e. The minimum Gasteiger partial charge on any atom is -0.591 e. The average Bonchev–Trinajstić information content (AvgIpc) is 3.30. The van der Waals surface area contributed by atoms with E-state index in [4.69, 9.17) is 20.8 Å². The van der Waals surface area contributed by atoms with Crippen molar-refractivity contribution in [3.05, 3.63) is 38.8 Å². The van der Waals surface area contributed by atoms with Crippen molar-refractivity contribution in [2.45, 2.75) is 58.4 Å². The number of amides is 1. The molecule has 0 saturated carbocycles. The van der Waals surface area contributed by atoms with E-state index in [0.29, 0.717) is 25.3 Å². The number of rotatable bonds is 5. The second kappa shape index (κ2) is 9.91. The first-order valence-corrected chi connectivity index (χ1v) is 13.0. The molecule has 0 unspecified atom stereocenters. The van der Waals surface area contributed by atoms with Crippen molar-refractivity contribution in [1.29, 1.82) is 0 Å². The third-order valence-corrected chi connectivity index (χ3v) is 7.70. The molecule has 1 atom stereocenters. The number of aromatic nitrogens is 2. The summed E-state index contributed by atoms with van der Waals surface area (Å²) in [6.07, 6.45) is 2.44. The fraction of sp³-hybridized carbons (Fsp3) is 0.429. The Labute approximate surface area is 212 Å². The van der Waals surface area contributed by atoms with Crippen LogP contribution in [0.3, 0.4) is 0 Å². The van der Waals surface area contributed by atoms with E-state index in [0.717, 1.165) is 0 Å². The number of thiophene rings is 1. The topological polar surface area (TPSA) is 104 Å². The molecule has 0 aliphatic heterocycles. The summed E-state index contributed by atoms with van der Waals surface area (Å²) in [5.74, 6) is 0.819. The molecule has 12 heteroatoms. The fourth-order valence-electron chi connectivity index (χ4n) is 2.55. The first-order valence-electron chi connectivity index (χ1n) is 9.91. The van der Waals surface area contributed by atoms with Crippen LogP contribution in [0.2, 0.25) is 5.28 Å². The van der Waals surface area contributed by atoms with Gasteiger partial charge in [-0.3, -0.25) is 4.90 Å². The van der Waals surface area contributed by atoms with Gasteiger partial charge in [-0.25, -0.2) is 9.78 Å². The van der Waals surface area contributed by atoms with Crippen LogP contribution in [0.15, 0.2) is 31.7 Å². The van der Waals surface area contributed by atoms with Crippen molar-refractivity contribution >= 4 is 78.6 Å². The molecular weight excluding hydrogens is 552 g/mol. The quantitative estimate of drug-likeness (QED) is 0.195. The minimum atomic E-state index is -1.43. The van der Waals surface area contributed by atoms with Gasteiger partial charge in [0, 0.05) is 0 Å². The van der Waals surface area contributed by atoms with Gasteiger partial charge in [0.05, 0.1) is 33.1 Å². The van der Waals surface area contributed by atoms with Crippen LogP contribution in [0.5, 0.6) is 0 Å². The predicted octanol–water partition coefficient (Wildman–Crippen LogP) is 6.52. The predicted molar refractivity (Wildman–Crippen MR) is 137 cm³/mol. The first kappa shape index (κ1) is 26.0. The number of halogens is 2. The zero-order chi connectivity index (χ0) is 24.6. The number of fused-ring (bicyclic) bond motifs is 1. The number of hydrogen-bond donors (Lipinski definition) is 0. The van der Waals surface area contributed by atoms with Crippen molar-refractivity contribution in [2.75, 3.05) is 4.90 Å². The van der Waals surface area contributed by atoms with Gasteiger partial charge in [0.25, 0.3) is 0 Å². The van der Waals surface area contributed by atoms with Crippen LogP contribution < -0.4 is 4.90 Å². The number of carbonyl (C=O) groups excluding carboxylic acids is 1. The zero-order valence-corrected chi connectivity index (χ0v) is 23.0. The highest BCUT2D eigenvalue weighted by Crippen LogP contribution is 2.40. The van der Waals surface area contributed by atoms with E-state index in [9.17, 15) is 9.35 Å². The monoisotopic (exact) mass is 574 g/mol. The normalized spacial score (nSPS) is 13.6. The molecule has 0 aliphatic rings. The maximum Gasteiger partial charge on any atom is 0.416 e. The van der Waals surface area contributed by atoms with E-state index in [1.54, 1.807) is 32.9 Å². The summed E-state index contributed by atoms with van der Waals surface area (Å²) < 4.78 is 28.3. The Morgan fingerprint density at radius 1 is 1.36 bits per heavy atom. The number of furan rings is 1. The van der Waals surface area contributed by atoms with E-state index in [1.807, 2.05) is 20.8 Å². The van der Waals surface area contributed by atoms with Gasteiger partial charge in [-0.2, -0.15) is 4.98 Å². The highest BCUT2D eigenvalue weighted by molar-refractivity contribution is 9.10. The Morgan fingerprint density at radius 2 is 2.06 bits per heavy atom. The highest BCUT2D eigenvalue weighted by atomic mass is 79.9. The van der Waals surface area contributed by atoms with E-state index < -0.39 is 27.8 Å². The molecule has 0 bridgehead atoms. The molecule has 0 aliphatic carbocycles. The first-order chi connectivity index (χ1) is 15.3. The van der Waals surface area contributed by atoms with Crippen LogP contribution in [0.25, 0.3) is 10.2 Å². The molecule has 178 valence electrons. The molecule has 8 nitrogen and oxygen atoms in total. The van der Waals surface area contributed by atoms with Crippen LogP contribution in [-0.2, 0) is 22.6 Å². The van der Waals surface area contributed by atoms with Crippen LogP contribution in [0, 0.1) is 0 Å². The number of hydrogen-bond acceptors (Lipinski definition) is 8. The fourth-order valence-corrected chi connectivity index (χ4v) is 5.06. The van der Waals surface area contributed by atoms with Gasteiger partial charge in [-0.1, -0.05) is 4.40 Å². The number of nitrogens with zero attached hydrogens (tertiary/aromatic N) is 4. The van der Waals surface area contributed by atoms with E-state index in [2.05, 4.69) is 30.3 Å². The molecule has 0 radical (unpaired) electrons. The lowest BCUT2D eigenvalue weighted by Crippen LogP contribution is -2.37. The molecule has 0 saturated heterocycles. The van der Waals surface area contributed by atoms with E-state index >= 15 is 0 Å². The van der Waals surface area contributed by atoms with Crippen molar-refractivity contribution in [2.24, 2.45) is 4.40 Å². The van der Waals surface area contributed by atoms with Gasteiger partial charge >= 0.3 is 6.09 Å². The number of anilines is 1. The van der Waals surface area contributed by atoms with Crippen LogP contribution in [0.1, 0.15) is 52.2 Å². The summed E-state index contributed by atoms with van der Waals surface area (Å²) in [6.45, 7) is 11.0. The molecule has 3 aromatic rings. The smallest absolute Gasteiger partial charge is 0.416 e. The van der Waals surface area contributed by atoms with E-state index in [-0.39, 0.29) is 17.6 Å². The summed E-state index contributed by atoms with van der Waals surface area (Å²) in [6, 6.07) is 3.48. The zero-order valence-electron chi connectivity index (χ0n) is 19.0. The van der Waals surface area contributed by atoms with Gasteiger partial charge < -0.3 is 13.7 Å². The lowest BCUT2D eigenvalue weighted by molar-refractivity contribution is 0.0574. The Morgan fingerprint density at radius 3 is 2.64 bits per heavy atom. The molecule has 1 amide bonds. The molecule has 0 spiro atoms. The molecule has 3 rings (SSSR count). The highest BCUT2D eigenvalue weighted by Gasteiger charge is 2.30. The van der Waals surface area contributed by atoms with Crippen molar-refractivity contribution in [3.8, 4) is 0 Å². The average molecular weight is 576 g/mol. The lowest BCUT2D eigenvalue weighted by atomic mass is 10.2. The number of ether oxygens (including phenoxy) is 1. The van der Waals surface area contributed by atoms with Gasteiger partial charge in [0.2, 0.25) is 5.28 Å². The number of carbonyl (C=O) groups is 1. The summed E-state index contributed by atoms with van der Waals surface area (Å²) in [4.78, 5) is 23.8. The standard InChI is InChI=1S/C21H24BrClN4O4S2/c1-20(2,3)31-19(28)27(11-12-8-7-9-30-12)17-16-15(25-18(23)26-17)14(22)13(32-16)10-24-33(29)21(4,5)6/h7-10H,11H2,1-6H3/b24-10+/t33-/m1/s1. The Bertz CT molecular complexity index is 1170. The Balaban J connectivity index is 2.11. The summed E-state index contributed by atoms with van der Waals surface area (Å²) in [5, 5.41) is -0.0363. The molecule has 33 heavy (non-hydrogen) atoms. The van der Waals surface area contributed by atoms with E-state index in [1.165, 1.54) is 28.7 Å². The summed E-state index contributed by atoms with van der Waals surface area (Å²) in [5.41, 5.74) is -0.217. The SMILES string of the molecule is CC(C)(C)OC(=O)N(Cc1ccco1)c1nc(Cl)nc2c(Br)c(/C=N/[S@+]([O-])C(C)(C)C)sc12. The van der Waals surface area contributed by atoms with Crippen molar-refractivity contribution in [3.63, 3.8) is 0 Å². The van der Waals surface area contributed by atoms with Gasteiger partial charge in [-0.15, -0.1) is 11.3 Å². The molecule has 3 heterocycles. The Kier molecular flexibility index (Phi) is 7.79. The molecule has 0 N–H and O–H groups in total. The lowest BCUT2D eigenvalue weighted by Gasteiger charge is -2.26. The van der Waals surface area contributed by atoms with Gasteiger partial charge in [-0.05, 0) is 81.2 Å². The third-order valence-electron chi connectivity index (χ3n) is 4.01. The van der Waals surface area contributed by atoms with Crippen LogP contribution >= 0.6 is 38.9 Å². The van der Waals surface area contributed by atoms with Gasteiger partial charge in [0.15, 0.2) is 5.82 Å². The maximum absolute atomic E-state index is 13.1. The van der Waals surface area contributed by atoms with Crippen LogP contribution in [-0.4, -0.2) is 37.2 Å². The summed E-state index contributed by atoms with van der Waals surface area (Å²) >= 11 is 9.63. The molecular formula is C21H24BrClN4O4S2. The maximum atomic E-state index is 13.1.